The molecule has 0 aromatic heterocycles. The normalized spacial score (nSPS) is 51.4. The van der Waals surface area contributed by atoms with Crippen LogP contribution in [-0.4, -0.2) is 23.8 Å². The zero-order valence-corrected chi connectivity index (χ0v) is 4.80. The van der Waals surface area contributed by atoms with Crippen LogP contribution in [0.4, 0.5) is 0 Å². The molecule has 2 aliphatic rings. The Morgan fingerprint density at radius 3 is 2.75 bits per heavy atom. The molecule has 3 unspecified atom stereocenters. The van der Waals surface area contributed by atoms with Gasteiger partial charge in [0, 0.05) is 12.1 Å². The summed E-state index contributed by atoms with van der Waals surface area (Å²) < 4.78 is 0. The van der Waals surface area contributed by atoms with E-state index in [1.54, 1.807) is 0 Å². The number of piperidine rings is 1. The van der Waals surface area contributed by atoms with Gasteiger partial charge >= 0.3 is 0 Å². The topological polar surface area (TPSA) is 32.3 Å². The van der Waals surface area contributed by atoms with Gasteiger partial charge in [0.05, 0.1) is 6.61 Å². The predicted molar refractivity (Wildman–Crippen MR) is 30.5 cm³/mol. The molecule has 0 amide bonds. The first kappa shape index (κ1) is 4.77. The summed E-state index contributed by atoms with van der Waals surface area (Å²) >= 11 is 0. The van der Waals surface area contributed by atoms with E-state index in [2.05, 4.69) is 5.32 Å². The Morgan fingerprint density at radius 2 is 2.38 bits per heavy atom. The van der Waals surface area contributed by atoms with Crippen molar-refractivity contribution < 1.29 is 5.11 Å². The molecule has 1 aliphatic carbocycles. The van der Waals surface area contributed by atoms with Gasteiger partial charge in [0.2, 0.25) is 0 Å². The summed E-state index contributed by atoms with van der Waals surface area (Å²) in [5, 5.41) is 12.0. The Labute approximate surface area is 48.9 Å². The van der Waals surface area contributed by atoms with Gasteiger partial charge in [-0.3, -0.25) is 0 Å². The number of aliphatic hydroxyl groups is 1. The van der Waals surface area contributed by atoms with Crippen LogP contribution in [-0.2, 0) is 0 Å². The predicted octanol–water partition coefficient (Wildman–Crippen LogP) is -0.271. The monoisotopic (exact) mass is 113 g/mol. The van der Waals surface area contributed by atoms with Crippen LogP contribution in [0.3, 0.4) is 0 Å². The largest absolute Gasteiger partial charge is 0.395 e. The molecular formula is C6H11NO. The molecule has 0 aromatic carbocycles. The second-order valence-corrected chi connectivity index (χ2v) is 2.88. The Morgan fingerprint density at radius 1 is 1.50 bits per heavy atom. The lowest BCUT2D eigenvalue weighted by Gasteiger charge is -2.06. The van der Waals surface area contributed by atoms with E-state index in [-0.39, 0.29) is 0 Å². The Hall–Kier alpha value is -0.0800. The van der Waals surface area contributed by atoms with E-state index in [1.165, 1.54) is 12.8 Å². The maximum atomic E-state index is 8.64. The van der Waals surface area contributed by atoms with Crippen molar-refractivity contribution in [3.63, 3.8) is 0 Å². The molecule has 2 N–H and O–H groups in total. The van der Waals surface area contributed by atoms with E-state index in [0.29, 0.717) is 12.6 Å². The number of rotatable bonds is 1. The third-order valence-corrected chi connectivity index (χ3v) is 2.18. The number of hydrogen-bond acceptors (Lipinski definition) is 2. The summed E-state index contributed by atoms with van der Waals surface area (Å²) in [5.74, 6) is 0.923. The van der Waals surface area contributed by atoms with Gasteiger partial charge in [-0.05, 0) is 18.8 Å². The van der Waals surface area contributed by atoms with Gasteiger partial charge < -0.3 is 10.4 Å². The molecule has 8 heavy (non-hydrogen) atoms. The number of nitrogens with one attached hydrogen (secondary N) is 1. The molecule has 46 valence electrons. The number of fused-ring (bicyclic) bond motifs is 1. The highest BCUT2D eigenvalue weighted by molar-refractivity contribution is 5.02. The highest BCUT2D eigenvalue weighted by atomic mass is 16.3. The molecule has 0 aromatic rings. The molecule has 0 radical (unpaired) electrons. The van der Waals surface area contributed by atoms with Crippen LogP contribution in [0.1, 0.15) is 12.8 Å². The summed E-state index contributed by atoms with van der Waals surface area (Å²) in [7, 11) is 0. The van der Waals surface area contributed by atoms with E-state index in [0.717, 1.165) is 12.0 Å². The lowest BCUT2D eigenvalue weighted by molar-refractivity contribution is 0.246. The van der Waals surface area contributed by atoms with Crippen LogP contribution >= 0.6 is 0 Å². The number of hydrogen-bond donors (Lipinski definition) is 2. The van der Waals surface area contributed by atoms with Gasteiger partial charge in [-0.15, -0.1) is 0 Å². The standard InChI is InChI=1S/C6H11NO/c8-3-5-1-4-2-6(4)7-5/h4-8H,1-3H2. The summed E-state index contributed by atoms with van der Waals surface area (Å²) in [6.07, 6.45) is 2.57. The van der Waals surface area contributed by atoms with Crippen molar-refractivity contribution in [3.05, 3.63) is 0 Å². The number of aliphatic hydroxyl groups excluding tert-OH is 1. The van der Waals surface area contributed by atoms with Gasteiger partial charge in [0.25, 0.3) is 0 Å². The molecule has 2 nitrogen and oxygen atoms in total. The molecule has 2 heteroatoms. The molecule has 3 atom stereocenters. The second kappa shape index (κ2) is 1.45. The highest BCUT2D eigenvalue weighted by Gasteiger charge is 2.45. The smallest absolute Gasteiger partial charge is 0.0584 e. The Kier molecular flexibility index (Phi) is 0.866. The molecule has 0 spiro atoms. The summed E-state index contributed by atoms with van der Waals surface area (Å²) in [5.41, 5.74) is 0. The Balaban J connectivity index is 1.89. The van der Waals surface area contributed by atoms with Crippen molar-refractivity contribution in [1.29, 1.82) is 0 Å². The van der Waals surface area contributed by atoms with E-state index in [4.69, 9.17) is 5.11 Å². The van der Waals surface area contributed by atoms with Crippen LogP contribution in [0.25, 0.3) is 0 Å². The van der Waals surface area contributed by atoms with Crippen molar-refractivity contribution >= 4 is 0 Å². The summed E-state index contributed by atoms with van der Waals surface area (Å²) in [6, 6.07) is 1.21. The molecule has 0 bridgehead atoms. The zero-order chi connectivity index (χ0) is 5.56. The third kappa shape index (κ3) is 0.565. The molecule has 2 rings (SSSR count). The fourth-order valence-electron chi connectivity index (χ4n) is 1.58. The molecule has 1 saturated heterocycles. The first-order valence-corrected chi connectivity index (χ1v) is 3.27. The maximum absolute atomic E-state index is 8.64. The van der Waals surface area contributed by atoms with Crippen LogP contribution in [0.15, 0.2) is 0 Å². The quantitative estimate of drug-likeness (QED) is 0.490. The lowest BCUT2D eigenvalue weighted by Crippen LogP contribution is -2.28. The fraction of sp³-hybridized carbons (Fsp3) is 1.00. The van der Waals surface area contributed by atoms with Crippen molar-refractivity contribution in [2.45, 2.75) is 24.9 Å². The van der Waals surface area contributed by atoms with Crippen LogP contribution in [0.5, 0.6) is 0 Å². The van der Waals surface area contributed by atoms with Gasteiger partial charge in [0.1, 0.15) is 0 Å². The molecular weight excluding hydrogens is 102 g/mol. The van der Waals surface area contributed by atoms with Crippen LogP contribution in [0.2, 0.25) is 0 Å². The van der Waals surface area contributed by atoms with Crippen molar-refractivity contribution in [2.24, 2.45) is 5.92 Å². The molecule has 2 fully saturated rings. The Bertz CT molecular complexity index is 94.7. The highest BCUT2D eigenvalue weighted by Crippen LogP contribution is 2.40. The van der Waals surface area contributed by atoms with Crippen LogP contribution < -0.4 is 5.32 Å². The van der Waals surface area contributed by atoms with E-state index in [1.807, 2.05) is 0 Å². The third-order valence-electron chi connectivity index (χ3n) is 2.18. The molecule has 1 saturated carbocycles. The van der Waals surface area contributed by atoms with Gasteiger partial charge in [-0.25, -0.2) is 0 Å². The van der Waals surface area contributed by atoms with Gasteiger partial charge in [-0.2, -0.15) is 0 Å². The second-order valence-electron chi connectivity index (χ2n) is 2.88. The van der Waals surface area contributed by atoms with Crippen molar-refractivity contribution in [2.75, 3.05) is 6.61 Å². The fourth-order valence-corrected chi connectivity index (χ4v) is 1.58. The SMILES string of the molecule is OCC1CC2CC2N1. The average molecular weight is 113 g/mol. The zero-order valence-electron chi connectivity index (χ0n) is 4.80. The van der Waals surface area contributed by atoms with E-state index >= 15 is 0 Å². The molecule has 1 aliphatic heterocycles. The average Bonchev–Trinajstić information content (AvgIpc) is 2.40. The van der Waals surface area contributed by atoms with Gasteiger partial charge in [-0.1, -0.05) is 0 Å². The van der Waals surface area contributed by atoms with Crippen molar-refractivity contribution in [1.82, 2.24) is 5.32 Å². The van der Waals surface area contributed by atoms with Crippen molar-refractivity contribution in [3.8, 4) is 0 Å². The lowest BCUT2D eigenvalue weighted by atomic mass is 10.2. The minimum absolute atomic E-state index is 0.326. The van der Waals surface area contributed by atoms with Gasteiger partial charge in [0.15, 0.2) is 0 Å². The van der Waals surface area contributed by atoms with Crippen LogP contribution in [0, 0.1) is 5.92 Å². The molecule has 1 heterocycles. The first-order chi connectivity index (χ1) is 3.90. The minimum Gasteiger partial charge on any atom is -0.395 e. The van der Waals surface area contributed by atoms with E-state index < -0.39 is 0 Å². The summed E-state index contributed by atoms with van der Waals surface area (Å²) in [4.78, 5) is 0. The summed E-state index contributed by atoms with van der Waals surface area (Å²) in [6.45, 7) is 0.326. The first-order valence-electron chi connectivity index (χ1n) is 3.27. The maximum Gasteiger partial charge on any atom is 0.0584 e. The minimum atomic E-state index is 0.326. The van der Waals surface area contributed by atoms with E-state index in [9.17, 15) is 0 Å².